The standard InChI is InChI=1S/C17H13NO3/c1-21-17(20)13-8-3-2-7-12(13)16(19)14-10-18-15-9-5-4-6-11(14)15/h2-10,18H,1H3. The first-order valence-electron chi connectivity index (χ1n) is 6.50. The topological polar surface area (TPSA) is 59.2 Å². The van der Waals surface area contributed by atoms with Crippen LogP contribution >= 0.6 is 0 Å². The lowest BCUT2D eigenvalue weighted by molar-refractivity contribution is 0.0597. The normalized spacial score (nSPS) is 10.5. The molecule has 0 unspecified atom stereocenters. The Kier molecular flexibility index (Phi) is 3.28. The van der Waals surface area contributed by atoms with Crippen LogP contribution in [0.5, 0.6) is 0 Å². The van der Waals surface area contributed by atoms with E-state index in [2.05, 4.69) is 4.98 Å². The molecular weight excluding hydrogens is 266 g/mol. The first-order chi connectivity index (χ1) is 10.2. The number of fused-ring (bicyclic) bond motifs is 1. The summed E-state index contributed by atoms with van der Waals surface area (Å²) in [6.45, 7) is 0. The van der Waals surface area contributed by atoms with E-state index >= 15 is 0 Å². The van der Waals surface area contributed by atoms with Crippen molar-refractivity contribution in [3.8, 4) is 0 Å². The van der Waals surface area contributed by atoms with Crippen molar-refractivity contribution in [1.82, 2.24) is 4.98 Å². The Morgan fingerprint density at radius 1 is 0.905 bits per heavy atom. The fraction of sp³-hybridized carbons (Fsp3) is 0.0588. The van der Waals surface area contributed by atoms with E-state index in [1.54, 1.807) is 30.5 Å². The third kappa shape index (κ3) is 2.21. The Bertz CT molecular complexity index is 833. The highest BCUT2D eigenvalue weighted by Crippen LogP contribution is 2.22. The van der Waals surface area contributed by atoms with E-state index in [1.165, 1.54) is 7.11 Å². The van der Waals surface area contributed by atoms with Crippen LogP contribution in [0.4, 0.5) is 0 Å². The van der Waals surface area contributed by atoms with Crippen LogP contribution in [0.1, 0.15) is 26.3 Å². The summed E-state index contributed by atoms with van der Waals surface area (Å²) in [6.07, 6.45) is 1.67. The van der Waals surface area contributed by atoms with Crippen LogP contribution < -0.4 is 0 Å². The van der Waals surface area contributed by atoms with Gasteiger partial charge in [-0.2, -0.15) is 0 Å². The lowest BCUT2D eigenvalue weighted by Gasteiger charge is -2.06. The van der Waals surface area contributed by atoms with Gasteiger partial charge in [-0.3, -0.25) is 4.79 Å². The zero-order chi connectivity index (χ0) is 14.8. The van der Waals surface area contributed by atoms with Crippen LogP contribution in [0, 0.1) is 0 Å². The Morgan fingerprint density at radius 2 is 1.57 bits per heavy atom. The van der Waals surface area contributed by atoms with Gasteiger partial charge in [-0.15, -0.1) is 0 Å². The van der Waals surface area contributed by atoms with Crippen molar-refractivity contribution in [2.75, 3.05) is 7.11 Å². The molecule has 104 valence electrons. The lowest BCUT2D eigenvalue weighted by atomic mass is 9.98. The predicted octanol–water partition coefficient (Wildman–Crippen LogP) is 3.19. The molecule has 3 rings (SSSR count). The van der Waals surface area contributed by atoms with Crippen molar-refractivity contribution < 1.29 is 14.3 Å². The summed E-state index contributed by atoms with van der Waals surface area (Å²) in [6, 6.07) is 14.2. The number of methoxy groups -OCH3 is 1. The highest BCUT2D eigenvalue weighted by Gasteiger charge is 2.20. The fourth-order valence-electron chi connectivity index (χ4n) is 2.37. The molecule has 1 heterocycles. The number of para-hydroxylation sites is 1. The number of hydrogen-bond acceptors (Lipinski definition) is 3. The first kappa shape index (κ1) is 13.1. The number of aromatic amines is 1. The van der Waals surface area contributed by atoms with Crippen molar-refractivity contribution >= 4 is 22.7 Å². The molecule has 0 bridgehead atoms. The quantitative estimate of drug-likeness (QED) is 0.591. The average molecular weight is 279 g/mol. The number of H-pyrrole nitrogens is 1. The van der Waals surface area contributed by atoms with Gasteiger partial charge in [-0.1, -0.05) is 36.4 Å². The fourth-order valence-corrected chi connectivity index (χ4v) is 2.37. The lowest BCUT2D eigenvalue weighted by Crippen LogP contribution is -2.10. The zero-order valence-electron chi connectivity index (χ0n) is 11.4. The van der Waals surface area contributed by atoms with E-state index in [0.717, 1.165) is 10.9 Å². The Morgan fingerprint density at radius 3 is 2.33 bits per heavy atom. The SMILES string of the molecule is COC(=O)c1ccccc1C(=O)c1c[nH]c2ccccc12. The number of carbonyl (C=O) groups is 2. The number of ketones is 1. The number of aromatic nitrogens is 1. The van der Waals surface area contributed by atoms with Crippen LogP contribution in [0.15, 0.2) is 54.7 Å². The summed E-state index contributed by atoms with van der Waals surface area (Å²) in [5.74, 6) is -0.716. The van der Waals surface area contributed by atoms with E-state index in [0.29, 0.717) is 11.1 Å². The highest BCUT2D eigenvalue weighted by atomic mass is 16.5. The molecule has 4 heteroatoms. The maximum Gasteiger partial charge on any atom is 0.338 e. The van der Waals surface area contributed by atoms with E-state index in [1.807, 2.05) is 24.3 Å². The van der Waals surface area contributed by atoms with Gasteiger partial charge in [0.15, 0.2) is 5.78 Å². The minimum Gasteiger partial charge on any atom is -0.465 e. The van der Waals surface area contributed by atoms with Gasteiger partial charge in [0.1, 0.15) is 0 Å². The third-order valence-electron chi connectivity index (χ3n) is 3.41. The van der Waals surface area contributed by atoms with Crippen LogP contribution in [0.3, 0.4) is 0 Å². The number of benzene rings is 2. The Balaban J connectivity index is 2.13. The van der Waals surface area contributed by atoms with Crippen LogP contribution in [0.25, 0.3) is 10.9 Å². The molecular formula is C17H13NO3. The van der Waals surface area contributed by atoms with Gasteiger partial charge >= 0.3 is 5.97 Å². The monoisotopic (exact) mass is 279 g/mol. The third-order valence-corrected chi connectivity index (χ3v) is 3.41. The molecule has 1 N–H and O–H groups in total. The van der Waals surface area contributed by atoms with E-state index in [9.17, 15) is 9.59 Å². The first-order valence-corrected chi connectivity index (χ1v) is 6.50. The molecule has 21 heavy (non-hydrogen) atoms. The molecule has 0 fully saturated rings. The molecule has 0 atom stereocenters. The van der Waals surface area contributed by atoms with Gasteiger partial charge in [-0.05, 0) is 12.1 Å². The number of carbonyl (C=O) groups excluding carboxylic acids is 2. The van der Waals surface area contributed by atoms with Gasteiger partial charge < -0.3 is 9.72 Å². The molecule has 0 aliphatic rings. The average Bonchev–Trinajstić information content (AvgIpc) is 2.97. The molecule has 3 aromatic rings. The van der Waals surface area contributed by atoms with Gasteiger partial charge in [-0.25, -0.2) is 4.79 Å². The number of hydrogen-bond donors (Lipinski definition) is 1. The molecule has 4 nitrogen and oxygen atoms in total. The number of nitrogens with one attached hydrogen (secondary N) is 1. The number of rotatable bonds is 3. The molecule has 2 aromatic carbocycles. The van der Waals surface area contributed by atoms with Crippen molar-refractivity contribution in [1.29, 1.82) is 0 Å². The van der Waals surface area contributed by atoms with Gasteiger partial charge in [0.2, 0.25) is 0 Å². The van der Waals surface area contributed by atoms with Crippen molar-refractivity contribution in [2.24, 2.45) is 0 Å². The minimum atomic E-state index is -0.515. The van der Waals surface area contributed by atoms with Crippen molar-refractivity contribution in [3.63, 3.8) is 0 Å². The minimum absolute atomic E-state index is 0.201. The largest absolute Gasteiger partial charge is 0.465 e. The number of esters is 1. The zero-order valence-corrected chi connectivity index (χ0v) is 11.4. The molecule has 0 aliphatic carbocycles. The molecule has 0 amide bonds. The second-order valence-electron chi connectivity index (χ2n) is 4.61. The predicted molar refractivity (Wildman–Crippen MR) is 79.5 cm³/mol. The summed E-state index contributed by atoms with van der Waals surface area (Å²) < 4.78 is 4.73. The van der Waals surface area contributed by atoms with E-state index in [-0.39, 0.29) is 11.3 Å². The molecule has 0 radical (unpaired) electrons. The van der Waals surface area contributed by atoms with E-state index < -0.39 is 5.97 Å². The second kappa shape index (κ2) is 5.25. The van der Waals surface area contributed by atoms with Crippen molar-refractivity contribution in [3.05, 3.63) is 71.4 Å². The maximum absolute atomic E-state index is 12.7. The van der Waals surface area contributed by atoms with Crippen LogP contribution in [0.2, 0.25) is 0 Å². The van der Waals surface area contributed by atoms with Crippen molar-refractivity contribution in [2.45, 2.75) is 0 Å². The maximum atomic E-state index is 12.7. The van der Waals surface area contributed by atoms with Crippen LogP contribution in [-0.4, -0.2) is 23.8 Å². The summed E-state index contributed by atoms with van der Waals surface area (Å²) in [4.78, 5) is 27.6. The summed E-state index contributed by atoms with van der Waals surface area (Å²) in [7, 11) is 1.30. The highest BCUT2D eigenvalue weighted by molar-refractivity contribution is 6.19. The Labute approximate surface area is 121 Å². The summed E-state index contributed by atoms with van der Waals surface area (Å²) >= 11 is 0. The van der Waals surface area contributed by atoms with Gasteiger partial charge in [0, 0.05) is 28.2 Å². The molecule has 0 spiro atoms. The van der Waals surface area contributed by atoms with Gasteiger partial charge in [0.05, 0.1) is 12.7 Å². The summed E-state index contributed by atoms with van der Waals surface area (Å²) in [5.41, 5.74) is 2.04. The summed E-state index contributed by atoms with van der Waals surface area (Å²) in [5, 5.41) is 0.835. The van der Waals surface area contributed by atoms with Crippen LogP contribution in [-0.2, 0) is 4.74 Å². The molecule has 0 saturated heterocycles. The second-order valence-corrected chi connectivity index (χ2v) is 4.61. The molecule has 1 aromatic heterocycles. The molecule has 0 saturated carbocycles. The Hall–Kier alpha value is -2.88. The smallest absolute Gasteiger partial charge is 0.338 e. The van der Waals surface area contributed by atoms with Gasteiger partial charge in [0.25, 0.3) is 0 Å². The number of ether oxygens (including phenoxy) is 1. The van der Waals surface area contributed by atoms with E-state index in [4.69, 9.17) is 4.74 Å². The molecule has 0 aliphatic heterocycles.